The van der Waals surface area contributed by atoms with Gasteiger partial charge in [0.15, 0.2) is 0 Å². The van der Waals surface area contributed by atoms with Gasteiger partial charge in [0.1, 0.15) is 5.41 Å². The number of nitriles is 1. The SMILES string of the molecule is CCCC(C#N)(CCC)C(=O)N1CCC(C(C)(C)C)CC1. The fourth-order valence-electron chi connectivity index (χ4n) is 3.60. The number of likely N-dealkylation sites (tertiary alicyclic amines) is 1. The lowest BCUT2D eigenvalue weighted by atomic mass is 9.74. The Morgan fingerprint density at radius 3 is 1.95 bits per heavy atom. The number of rotatable bonds is 5. The molecule has 0 radical (unpaired) electrons. The Labute approximate surface area is 130 Å². The maximum absolute atomic E-state index is 12.9. The lowest BCUT2D eigenvalue weighted by Crippen LogP contribution is -2.48. The third-order valence-corrected chi connectivity index (χ3v) is 4.98. The summed E-state index contributed by atoms with van der Waals surface area (Å²) in [5, 5.41) is 9.62. The Morgan fingerprint density at radius 2 is 1.62 bits per heavy atom. The number of amides is 1. The first-order valence-corrected chi connectivity index (χ1v) is 8.51. The molecule has 3 heteroatoms. The van der Waals surface area contributed by atoms with E-state index in [2.05, 4.69) is 40.7 Å². The largest absolute Gasteiger partial charge is 0.341 e. The van der Waals surface area contributed by atoms with E-state index in [1.54, 1.807) is 0 Å². The van der Waals surface area contributed by atoms with Crippen LogP contribution in [0.4, 0.5) is 0 Å². The van der Waals surface area contributed by atoms with Crippen LogP contribution in [0.3, 0.4) is 0 Å². The number of nitrogens with zero attached hydrogens (tertiary/aromatic N) is 2. The first-order chi connectivity index (χ1) is 9.80. The van der Waals surface area contributed by atoms with Crippen LogP contribution < -0.4 is 0 Å². The van der Waals surface area contributed by atoms with Crippen molar-refractivity contribution in [3.63, 3.8) is 0 Å². The Kier molecular flexibility index (Phi) is 6.25. The van der Waals surface area contributed by atoms with E-state index in [9.17, 15) is 10.1 Å². The molecule has 0 aromatic heterocycles. The van der Waals surface area contributed by atoms with Crippen LogP contribution in [0.1, 0.15) is 73.1 Å². The normalized spacial score (nSPS) is 17.6. The zero-order valence-corrected chi connectivity index (χ0v) is 14.5. The zero-order valence-electron chi connectivity index (χ0n) is 14.5. The molecule has 0 bridgehead atoms. The van der Waals surface area contributed by atoms with Crippen LogP contribution in [0.5, 0.6) is 0 Å². The molecular formula is C18H32N2O. The smallest absolute Gasteiger partial charge is 0.243 e. The number of hydrogen-bond donors (Lipinski definition) is 0. The highest BCUT2D eigenvalue weighted by molar-refractivity contribution is 5.85. The molecule has 1 fully saturated rings. The van der Waals surface area contributed by atoms with Crippen molar-refractivity contribution in [1.29, 1.82) is 5.26 Å². The van der Waals surface area contributed by atoms with E-state index >= 15 is 0 Å². The summed E-state index contributed by atoms with van der Waals surface area (Å²) in [5.74, 6) is 0.761. The fraction of sp³-hybridized carbons (Fsp3) is 0.889. The first kappa shape index (κ1) is 18.0. The van der Waals surface area contributed by atoms with E-state index in [1.807, 2.05) is 4.90 Å². The van der Waals surface area contributed by atoms with Crippen LogP contribution in [0.15, 0.2) is 0 Å². The standard InChI is InChI=1S/C18H32N2O/c1-6-10-18(14-19,11-7-2)16(21)20-12-8-15(9-13-20)17(3,4)5/h15H,6-13H2,1-5H3. The monoisotopic (exact) mass is 292 g/mol. The molecule has 0 N–H and O–H groups in total. The van der Waals surface area contributed by atoms with E-state index in [1.165, 1.54) is 0 Å². The van der Waals surface area contributed by atoms with Gasteiger partial charge in [0, 0.05) is 13.1 Å². The third kappa shape index (κ3) is 4.22. The molecule has 3 nitrogen and oxygen atoms in total. The number of piperidine rings is 1. The van der Waals surface area contributed by atoms with Crippen LogP contribution >= 0.6 is 0 Å². The molecule has 1 aliphatic heterocycles. The third-order valence-electron chi connectivity index (χ3n) is 4.98. The van der Waals surface area contributed by atoms with Crippen molar-refractivity contribution in [2.24, 2.45) is 16.7 Å². The van der Waals surface area contributed by atoms with Crippen LogP contribution in [0.2, 0.25) is 0 Å². The average Bonchev–Trinajstić information content (AvgIpc) is 2.45. The van der Waals surface area contributed by atoms with Crippen molar-refractivity contribution in [2.75, 3.05) is 13.1 Å². The molecule has 1 heterocycles. The fourth-order valence-corrected chi connectivity index (χ4v) is 3.60. The predicted octanol–water partition coefficient (Wildman–Crippen LogP) is 4.38. The Bertz CT molecular complexity index is 375. The molecule has 0 spiro atoms. The molecule has 21 heavy (non-hydrogen) atoms. The van der Waals surface area contributed by atoms with Gasteiger partial charge in [-0.1, -0.05) is 47.5 Å². The minimum atomic E-state index is -0.780. The molecule has 1 saturated heterocycles. The summed E-state index contributed by atoms with van der Waals surface area (Å²) in [4.78, 5) is 14.8. The highest BCUT2D eigenvalue weighted by Crippen LogP contribution is 2.37. The van der Waals surface area contributed by atoms with Crippen molar-refractivity contribution in [1.82, 2.24) is 4.90 Å². The minimum Gasteiger partial charge on any atom is -0.341 e. The molecule has 0 atom stereocenters. The van der Waals surface area contributed by atoms with Gasteiger partial charge in [-0.3, -0.25) is 4.79 Å². The summed E-state index contributed by atoms with van der Waals surface area (Å²) < 4.78 is 0. The molecule has 0 saturated carbocycles. The maximum Gasteiger partial charge on any atom is 0.243 e. The lowest BCUT2D eigenvalue weighted by molar-refractivity contribution is -0.141. The van der Waals surface area contributed by atoms with Crippen LogP contribution in [0, 0.1) is 28.1 Å². The molecule has 0 aromatic carbocycles. The van der Waals surface area contributed by atoms with E-state index in [-0.39, 0.29) is 5.91 Å². The van der Waals surface area contributed by atoms with Gasteiger partial charge >= 0.3 is 0 Å². The van der Waals surface area contributed by atoms with E-state index in [4.69, 9.17) is 0 Å². The minimum absolute atomic E-state index is 0.0843. The molecule has 1 amide bonds. The molecule has 1 aliphatic rings. The molecule has 0 unspecified atom stereocenters. The number of carbonyl (C=O) groups is 1. The zero-order chi connectivity index (χ0) is 16.1. The molecule has 120 valence electrons. The number of carbonyl (C=O) groups excluding carboxylic acids is 1. The van der Waals surface area contributed by atoms with Gasteiger partial charge < -0.3 is 4.90 Å². The van der Waals surface area contributed by atoms with Crippen molar-refractivity contribution in [3.05, 3.63) is 0 Å². The van der Waals surface area contributed by atoms with Gasteiger partial charge in [-0.15, -0.1) is 0 Å². The average molecular weight is 292 g/mol. The van der Waals surface area contributed by atoms with Gasteiger partial charge in [0.25, 0.3) is 0 Å². The summed E-state index contributed by atoms with van der Waals surface area (Å²) in [5.41, 5.74) is -0.466. The molecule has 1 rings (SSSR count). The van der Waals surface area contributed by atoms with E-state index in [0.29, 0.717) is 24.2 Å². The first-order valence-electron chi connectivity index (χ1n) is 8.51. The van der Waals surface area contributed by atoms with Gasteiger partial charge in [-0.25, -0.2) is 0 Å². The second kappa shape index (κ2) is 7.29. The quantitative estimate of drug-likeness (QED) is 0.754. The Balaban J connectivity index is 2.77. The predicted molar refractivity (Wildman–Crippen MR) is 86.6 cm³/mol. The Morgan fingerprint density at radius 1 is 1.14 bits per heavy atom. The second-order valence-electron chi connectivity index (χ2n) is 7.63. The van der Waals surface area contributed by atoms with Crippen LogP contribution in [-0.4, -0.2) is 23.9 Å². The second-order valence-corrected chi connectivity index (χ2v) is 7.63. The highest BCUT2D eigenvalue weighted by Gasteiger charge is 2.41. The Hall–Kier alpha value is -1.04. The van der Waals surface area contributed by atoms with Crippen molar-refractivity contribution < 1.29 is 4.79 Å². The lowest BCUT2D eigenvalue weighted by Gasteiger charge is -2.41. The van der Waals surface area contributed by atoms with Gasteiger partial charge in [0.05, 0.1) is 6.07 Å². The van der Waals surface area contributed by atoms with Crippen LogP contribution in [-0.2, 0) is 4.79 Å². The maximum atomic E-state index is 12.9. The molecule has 0 aromatic rings. The van der Waals surface area contributed by atoms with Crippen molar-refractivity contribution >= 4 is 5.91 Å². The van der Waals surface area contributed by atoms with Gasteiger partial charge in [0.2, 0.25) is 5.91 Å². The van der Waals surface area contributed by atoms with Gasteiger partial charge in [-0.05, 0) is 37.0 Å². The highest BCUT2D eigenvalue weighted by atomic mass is 16.2. The summed E-state index contributed by atoms with van der Waals surface area (Å²) in [6.45, 7) is 12.6. The summed E-state index contributed by atoms with van der Waals surface area (Å²) >= 11 is 0. The summed E-state index contributed by atoms with van der Waals surface area (Å²) in [7, 11) is 0. The van der Waals surface area contributed by atoms with Gasteiger partial charge in [-0.2, -0.15) is 5.26 Å². The van der Waals surface area contributed by atoms with E-state index < -0.39 is 5.41 Å². The van der Waals surface area contributed by atoms with Crippen LogP contribution in [0.25, 0.3) is 0 Å². The molecule has 0 aliphatic carbocycles. The van der Waals surface area contributed by atoms with Crippen molar-refractivity contribution in [2.45, 2.75) is 73.1 Å². The number of hydrogen-bond acceptors (Lipinski definition) is 2. The summed E-state index contributed by atoms with van der Waals surface area (Å²) in [6, 6.07) is 2.36. The molecular weight excluding hydrogens is 260 g/mol. The topological polar surface area (TPSA) is 44.1 Å². The summed E-state index contributed by atoms with van der Waals surface area (Å²) in [6.07, 6.45) is 5.28. The van der Waals surface area contributed by atoms with E-state index in [0.717, 1.165) is 38.8 Å². The van der Waals surface area contributed by atoms with Crippen molar-refractivity contribution in [3.8, 4) is 6.07 Å².